The molecular formula is C21H22F3N5. The van der Waals surface area contributed by atoms with Crippen molar-refractivity contribution in [2.24, 2.45) is 0 Å². The maximum atomic E-state index is 13.2. The molecule has 5 nitrogen and oxygen atoms in total. The molecule has 3 rings (SSSR count). The Kier molecular flexibility index (Phi) is 6.21. The minimum Gasteiger partial charge on any atom is -0.393 e. The summed E-state index contributed by atoms with van der Waals surface area (Å²) in [5.74, 6) is 0.409. The maximum absolute atomic E-state index is 13.2. The van der Waals surface area contributed by atoms with Gasteiger partial charge in [-0.3, -0.25) is 0 Å². The SMILES string of the molecule is CCCCc1ccc(Nc2ncnc(Nc3ccccc3C(F)(F)F)c2N)cc1. The van der Waals surface area contributed by atoms with Gasteiger partial charge < -0.3 is 16.4 Å². The van der Waals surface area contributed by atoms with Gasteiger partial charge in [0.25, 0.3) is 0 Å². The van der Waals surface area contributed by atoms with E-state index in [2.05, 4.69) is 27.5 Å². The number of aryl methyl sites for hydroxylation is 1. The smallest absolute Gasteiger partial charge is 0.393 e. The van der Waals surface area contributed by atoms with Crippen molar-refractivity contribution >= 4 is 28.7 Å². The van der Waals surface area contributed by atoms with Crippen LogP contribution in [-0.4, -0.2) is 9.97 Å². The summed E-state index contributed by atoms with van der Waals surface area (Å²) in [4.78, 5) is 8.10. The number of benzene rings is 2. The van der Waals surface area contributed by atoms with Crippen molar-refractivity contribution in [1.29, 1.82) is 0 Å². The van der Waals surface area contributed by atoms with Crippen molar-refractivity contribution in [3.05, 3.63) is 66.0 Å². The molecule has 152 valence electrons. The first-order chi connectivity index (χ1) is 13.9. The predicted octanol–water partition coefficient (Wildman–Crippen LogP) is 5.91. The quantitative estimate of drug-likeness (QED) is 0.459. The average Bonchev–Trinajstić information content (AvgIpc) is 2.70. The third kappa shape index (κ3) is 5.16. The molecule has 0 aliphatic carbocycles. The van der Waals surface area contributed by atoms with Gasteiger partial charge >= 0.3 is 6.18 Å². The Hall–Kier alpha value is -3.29. The Morgan fingerprint density at radius 2 is 1.59 bits per heavy atom. The number of nitrogens with one attached hydrogen (secondary N) is 2. The van der Waals surface area contributed by atoms with Crippen molar-refractivity contribution in [3.8, 4) is 0 Å². The summed E-state index contributed by atoms with van der Waals surface area (Å²) in [6.45, 7) is 2.15. The van der Waals surface area contributed by atoms with Gasteiger partial charge in [0.1, 0.15) is 12.0 Å². The highest BCUT2D eigenvalue weighted by molar-refractivity contribution is 5.80. The molecule has 0 amide bonds. The standard InChI is InChI=1S/C21H22F3N5/c1-2-3-6-14-9-11-15(12-10-14)28-19-18(25)20(27-13-26-19)29-17-8-5-4-7-16(17)21(22,23)24/h4-5,7-13H,2-3,6,25H2,1H3,(H2,26,27,28,29). The maximum Gasteiger partial charge on any atom is 0.418 e. The van der Waals surface area contributed by atoms with Gasteiger partial charge in [-0.15, -0.1) is 0 Å². The Balaban J connectivity index is 1.80. The van der Waals surface area contributed by atoms with Gasteiger partial charge in [0.15, 0.2) is 11.6 Å². The van der Waals surface area contributed by atoms with E-state index in [0.717, 1.165) is 31.0 Å². The third-order valence-corrected chi connectivity index (χ3v) is 4.41. The molecule has 4 N–H and O–H groups in total. The number of alkyl halides is 3. The fourth-order valence-corrected chi connectivity index (χ4v) is 2.83. The number of aromatic nitrogens is 2. The summed E-state index contributed by atoms with van der Waals surface area (Å²) in [6, 6.07) is 13.0. The number of hydrogen-bond donors (Lipinski definition) is 3. The number of rotatable bonds is 7. The Bertz CT molecular complexity index is 955. The first kappa shape index (κ1) is 20.4. The zero-order chi connectivity index (χ0) is 20.9. The van der Waals surface area contributed by atoms with E-state index in [4.69, 9.17) is 5.73 Å². The molecule has 1 heterocycles. The number of halogens is 3. The molecule has 0 fully saturated rings. The average molecular weight is 401 g/mol. The molecule has 0 bridgehead atoms. The van der Waals surface area contributed by atoms with Crippen LogP contribution >= 0.6 is 0 Å². The van der Waals surface area contributed by atoms with Crippen molar-refractivity contribution < 1.29 is 13.2 Å². The van der Waals surface area contributed by atoms with Gasteiger partial charge in [0, 0.05) is 5.69 Å². The molecule has 0 unspecified atom stereocenters. The molecule has 29 heavy (non-hydrogen) atoms. The van der Waals surface area contributed by atoms with Gasteiger partial charge in [-0.2, -0.15) is 13.2 Å². The van der Waals surface area contributed by atoms with E-state index in [0.29, 0.717) is 5.82 Å². The molecule has 2 aromatic carbocycles. The Morgan fingerprint density at radius 3 is 2.24 bits per heavy atom. The number of anilines is 5. The lowest BCUT2D eigenvalue weighted by Crippen LogP contribution is -2.10. The summed E-state index contributed by atoms with van der Waals surface area (Å²) in [5, 5.41) is 5.76. The van der Waals surface area contributed by atoms with Crippen molar-refractivity contribution in [2.45, 2.75) is 32.4 Å². The van der Waals surface area contributed by atoms with Crippen LogP contribution in [0.5, 0.6) is 0 Å². The van der Waals surface area contributed by atoms with Crippen LogP contribution in [-0.2, 0) is 12.6 Å². The lowest BCUT2D eigenvalue weighted by molar-refractivity contribution is -0.136. The minimum atomic E-state index is -4.49. The normalized spacial score (nSPS) is 11.3. The fourth-order valence-electron chi connectivity index (χ4n) is 2.83. The van der Waals surface area contributed by atoms with Crippen LogP contribution < -0.4 is 16.4 Å². The van der Waals surface area contributed by atoms with Crippen LogP contribution in [0.3, 0.4) is 0 Å². The summed E-state index contributed by atoms with van der Waals surface area (Å²) in [6.07, 6.45) is 0.0166. The topological polar surface area (TPSA) is 75.9 Å². The zero-order valence-electron chi connectivity index (χ0n) is 15.9. The second-order valence-electron chi connectivity index (χ2n) is 6.58. The number of nitrogen functional groups attached to an aromatic ring is 1. The Morgan fingerprint density at radius 1 is 0.931 bits per heavy atom. The van der Waals surface area contributed by atoms with Gasteiger partial charge in [0.05, 0.1) is 11.3 Å². The van der Waals surface area contributed by atoms with Crippen LogP contribution in [0.15, 0.2) is 54.9 Å². The van der Waals surface area contributed by atoms with Crippen molar-refractivity contribution in [3.63, 3.8) is 0 Å². The first-order valence-corrected chi connectivity index (χ1v) is 9.28. The zero-order valence-corrected chi connectivity index (χ0v) is 15.9. The summed E-state index contributed by atoms with van der Waals surface area (Å²) < 4.78 is 39.6. The number of hydrogen-bond acceptors (Lipinski definition) is 5. The van der Waals surface area contributed by atoms with E-state index in [1.165, 1.54) is 30.1 Å². The molecule has 3 aromatic rings. The van der Waals surface area contributed by atoms with Crippen LogP contribution in [0.2, 0.25) is 0 Å². The van der Waals surface area contributed by atoms with Gasteiger partial charge in [-0.1, -0.05) is 37.6 Å². The highest BCUT2D eigenvalue weighted by Crippen LogP contribution is 2.37. The third-order valence-electron chi connectivity index (χ3n) is 4.41. The number of nitrogens with zero attached hydrogens (tertiary/aromatic N) is 2. The van der Waals surface area contributed by atoms with Crippen LogP contribution in [0.1, 0.15) is 30.9 Å². The fraction of sp³-hybridized carbons (Fsp3) is 0.238. The number of para-hydroxylation sites is 1. The number of unbranched alkanes of at least 4 members (excludes halogenated alkanes) is 1. The lowest BCUT2D eigenvalue weighted by Gasteiger charge is -2.16. The van der Waals surface area contributed by atoms with E-state index < -0.39 is 11.7 Å². The molecule has 0 spiro atoms. The molecule has 0 saturated heterocycles. The van der Waals surface area contributed by atoms with Crippen molar-refractivity contribution in [1.82, 2.24) is 9.97 Å². The molecular weight excluding hydrogens is 379 g/mol. The van der Waals surface area contributed by atoms with E-state index in [-0.39, 0.29) is 17.2 Å². The highest BCUT2D eigenvalue weighted by Gasteiger charge is 2.33. The minimum absolute atomic E-state index is 0.0961. The van der Waals surface area contributed by atoms with E-state index in [1.54, 1.807) is 0 Å². The van der Waals surface area contributed by atoms with Crippen LogP contribution in [0.4, 0.5) is 41.9 Å². The van der Waals surface area contributed by atoms with E-state index in [9.17, 15) is 13.2 Å². The predicted molar refractivity (Wildman–Crippen MR) is 110 cm³/mol. The second-order valence-corrected chi connectivity index (χ2v) is 6.58. The van der Waals surface area contributed by atoms with Crippen molar-refractivity contribution in [2.75, 3.05) is 16.4 Å². The second kappa shape index (κ2) is 8.81. The summed E-state index contributed by atoms with van der Waals surface area (Å²) in [7, 11) is 0. The summed E-state index contributed by atoms with van der Waals surface area (Å²) in [5.41, 5.74) is 7.31. The lowest BCUT2D eigenvalue weighted by atomic mass is 10.1. The van der Waals surface area contributed by atoms with Gasteiger partial charge in [0.2, 0.25) is 0 Å². The highest BCUT2D eigenvalue weighted by atomic mass is 19.4. The van der Waals surface area contributed by atoms with E-state index in [1.807, 2.05) is 24.3 Å². The molecule has 1 aromatic heterocycles. The molecule has 0 radical (unpaired) electrons. The van der Waals surface area contributed by atoms with E-state index >= 15 is 0 Å². The van der Waals surface area contributed by atoms with Gasteiger partial charge in [-0.25, -0.2) is 9.97 Å². The summed E-state index contributed by atoms with van der Waals surface area (Å²) >= 11 is 0. The largest absolute Gasteiger partial charge is 0.418 e. The van der Waals surface area contributed by atoms with Gasteiger partial charge in [-0.05, 0) is 42.7 Å². The monoisotopic (exact) mass is 401 g/mol. The molecule has 0 aliphatic rings. The first-order valence-electron chi connectivity index (χ1n) is 9.28. The molecule has 0 atom stereocenters. The molecule has 0 saturated carbocycles. The Labute approximate surface area is 167 Å². The molecule has 8 heteroatoms. The van der Waals surface area contributed by atoms with Crippen LogP contribution in [0, 0.1) is 0 Å². The molecule has 0 aliphatic heterocycles. The number of nitrogens with two attached hydrogens (primary N) is 1. The van der Waals surface area contributed by atoms with Crippen LogP contribution in [0.25, 0.3) is 0 Å².